The fourth-order valence-electron chi connectivity index (χ4n) is 1.27. The molecule has 1 N–H and O–H groups in total. The van der Waals surface area contributed by atoms with Gasteiger partial charge < -0.3 is 5.11 Å². The summed E-state index contributed by atoms with van der Waals surface area (Å²) in [5.41, 5.74) is 2.01. The van der Waals surface area contributed by atoms with Gasteiger partial charge in [-0.15, -0.1) is 5.11 Å². The topological polar surface area (TPSA) is 62.0 Å². The van der Waals surface area contributed by atoms with Crippen LogP contribution in [0.2, 0.25) is 0 Å². The molecule has 1 rings (SSSR count). The number of aromatic carboxylic acids is 1. The Morgan fingerprint density at radius 1 is 1.32 bits per heavy atom. The van der Waals surface area contributed by atoms with Crippen LogP contribution in [0.4, 0.5) is 5.69 Å². The van der Waals surface area contributed by atoms with E-state index in [2.05, 4.69) is 16.8 Å². The zero-order valence-electron chi connectivity index (χ0n) is 11.0. The second kappa shape index (κ2) is 7.06. The van der Waals surface area contributed by atoms with Crippen LogP contribution in [-0.4, -0.2) is 11.1 Å². The molecule has 4 heteroatoms. The van der Waals surface area contributed by atoms with Crippen molar-refractivity contribution in [2.24, 2.45) is 10.2 Å². The molecule has 0 aliphatic rings. The monoisotopic (exact) mass is 256 g/mol. The number of carboxylic acids is 1. The molecule has 0 bridgehead atoms. The maximum atomic E-state index is 11.0. The van der Waals surface area contributed by atoms with Crippen LogP contribution < -0.4 is 0 Å². The Labute approximate surface area is 112 Å². The number of benzene rings is 1. The standard InChI is InChI=1S/C15H16N2O2/c1-4-12(10-9-11(2)3)16-17-14-8-6-5-7-13(14)15(18)19/h4-10H,2H2,1,3H3,(H,18,19)/b10-9-,12-4+,17-16?. The van der Waals surface area contributed by atoms with E-state index in [-0.39, 0.29) is 5.56 Å². The van der Waals surface area contributed by atoms with Crippen molar-refractivity contribution >= 4 is 11.7 Å². The Morgan fingerprint density at radius 3 is 2.58 bits per heavy atom. The van der Waals surface area contributed by atoms with Gasteiger partial charge in [-0.2, -0.15) is 5.11 Å². The lowest BCUT2D eigenvalue weighted by Gasteiger charge is -1.98. The summed E-state index contributed by atoms with van der Waals surface area (Å²) in [6.45, 7) is 7.46. The number of carboxylic acid groups (broad SMARTS) is 1. The molecule has 19 heavy (non-hydrogen) atoms. The molecule has 0 aliphatic heterocycles. The van der Waals surface area contributed by atoms with Crippen molar-refractivity contribution in [3.05, 3.63) is 65.9 Å². The van der Waals surface area contributed by atoms with Crippen molar-refractivity contribution in [3.63, 3.8) is 0 Å². The fourth-order valence-corrected chi connectivity index (χ4v) is 1.27. The molecule has 1 aromatic rings. The minimum atomic E-state index is -1.02. The van der Waals surface area contributed by atoms with E-state index in [0.717, 1.165) is 5.57 Å². The zero-order chi connectivity index (χ0) is 14.3. The maximum absolute atomic E-state index is 11.0. The van der Waals surface area contributed by atoms with Gasteiger partial charge in [-0.3, -0.25) is 0 Å². The van der Waals surface area contributed by atoms with Crippen LogP contribution in [0.25, 0.3) is 0 Å². The molecule has 98 valence electrons. The van der Waals surface area contributed by atoms with Gasteiger partial charge in [0.2, 0.25) is 0 Å². The third-order valence-electron chi connectivity index (χ3n) is 2.24. The van der Waals surface area contributed by atoms with Gasteiger partial charge in [-0.25, -0.2) is 4.79 Å². The van der Waals surface area contributed by atoms with Crippen LogP contribution in [0.3, 0.4) is 0 Å². The summed E-state index contributed by atoms with van der Waals surface area (Å²) in [6, 6.07) is 6.48. The van der Waals surface area contributed by atoms with E-state index in [0.29, 0.717) is 11.4 Å². The Kier molecular flexibility index (Phi) is 5.41. The summed E-state index contributed by atoms with van der Waals surface area (Å²) >= 11 is 0. The molecular weight excluding hydrogens is 240 g/mol. The first-order valence-electron chi connectivity index (χ1n) is 5.78. The molecule has 0 aromatic heterocycles. The molecule has 0 unspecified atom stereocenters. The lowest BCUT2D eigenvalue weighted by Crippen LogP contribution is -1.95. The van der Waals surface area contributed by atoms with Crippen molar-refractivity contribution in [2.45, 2.75) is 13.8 Å². The molecule has 0 atom stereocenters. The van der Waals surface area contributed by atoms with E-state index in [1.165, 1.54) is 6.07 Å². The van der Waals surface area contributed by atoms with Crippen LogP contribution >= 0.6 is 0 Å². The van der Waals surface area contributed by atoms with E-state index in [1.807, 2.05) is 19.9 Å². The number of azo groups is 1. The van der Waals surface area contributed by atoms with Crippen LogP contribution in [-0.2, 0) is 0 Å². The first-order valence-corrected chi connectivity index (χ1v) is 5.78. The molecule has 0 saturated carbocycles. The largest absolute Gasteiger partial charge is 0.478 e. The average molecular weight is 256 g/mol. The minimum Gasteiger partial charge on any atom is -0.478 e. The van der Waals surface area contributed by atoms with Crippen LogP contribution in [0, 0.1) is 0 Å². The highest BCUT2D eigenvalue weighted by atomic mass is 16.4. The van der Waals surface area contributed by atoms with Gasteiger partial charge >= 0.3 is 5.97 Å². The normalized spacial score (nSPS) is 12.2. The molecule has 0 fully saturated rings. The van der Waals surface area contributed by atoms with E-state index in [4.69, 9.17) is 5.11 Å². The highest BCUT2D eigenvalue weighted by Crippen LogP contribution is 2.20. The second-order valence-electron chi connectivity index (χ2n) is 3.92. The summed E-state index contributed by atoms with van der Waals surface area (Å²) in [5, 5.41) is 17.0. The number of nitrogens with zero attached hydrogens (tertiary/aromatic N) is 2. The number of rotatable bonds is 5. The van der Waals surface area contributed by atoms with Crippen molar-refractivity contribution < 1.29 is 9.90 Å². The van der Waals surface area contributed by atoms with Gasteiger partial charge in [0.05, 0.1) is 11.3 Å². The molecule has 0 aliphatic carbocycles. The van der Waals surface area contributed by atoms with E-state index in [9.17, 15) is 4.79 Å². The maximum Gasteiger partial charge on any atom is 0.337 e. The van der Waals surface area contributed by atoms with Crippen molar-refractivity contribution in [1.29, 1.82) is 0 Å². The average Bonchev–Trinajstić information content (AvgIpc) is 2.39. The molecule has 0 saturated heterocycles. The Morgan fingerprint density at radius 2 is 2.00 bits per heavy atom. The molecule has 0 spiro atoms. The minimum absolute atomic E-state index is 0.130. The van der Waals surface area contributed by atoms with Gasteiger partial charge in [-0.1, -0.05) is 36.4 Å². The summed E-state index contributed by atoms with van der Waals surface area (Å²) in [4.78, 5) is 11.0. The highest BCUT2D eigenvalue weighted by Gasteiger charge is 2.07. The zero-order valence-corrected chi connectivity index (χ0v) is 11.0. The second-order valence-corrected chi connectivity index (χ2v) is 3.92. The van der Waals surface area contributed by atoms with Gasteiger partial charge in [0, 0.05) is 0 Å². The fraction of sp³-hybridized carbons (Fsp3) is 0.133. The van der Waals surface area contributed by atoms with E-state index in [1.54, 1.807) is 30.4 Å². The van der Waals surface area contributed by atoms with Gasteiger partial charge in [0.25, 0.3) is 0 Å². The molecular formula is C15H16N2O2. The molecule has 0 amide bonds. The molecule has 0 heterocycles. The Balaban J connectivity index is 2.98. The highest BCUT2D eigenvalue weighted by molar-refractivity contribution is 5.93. The smallest absolute Gasteiger partial charge is 0.337 e. The predicted molar refractivity (Wildman–Crippen MR) is 75.6 cm³/mol. The lowest BCUT2D eigenvalue weighted by molar-refractivity contribution is 0.0698. The lowest BCUT2D eigenvalue weighted by atomic mass is 10.2. The number of allylic oxidation sites excluding steroid dienone is 4. The van der Waals surface area contributed by atoms with E-state index < -0.39 is 5.97 Å². The van der Waals surface area contributed by atoms with Crippen molar-refractivity contribution in [1.82, 2.24) is 0 Å². The first-order chi connectivity index (χ1) is 9.04. The number of carbonyl (C=O) groups is 1. The first kappa shape index (κ1) is 14.6. The van der Waals surface area contributed by atoms with Crippen LogP contribution in [0.5, 0.6) is 0 Å². The summed E-state index contributed by atoms with van der Waals surface area (Å²) in [6.07, 6.45) is 5.37. The summed E-state index contributed by atoms with van der Waals surface area (Å²) in [5.74, 6) is -1.02. The van der Waals surface area contributed by atoms with Gasteiger partial charge in [-0.05, 0) is 32.1 Å². The summed E-state index contributed by atoms with van der Waals surface area (Å²) in [7, 11) is 0. The van der Waals surface area contributed by atoms with Gasteiger partial charge in [0.15, 0.2) is 0 Å². The van der Waals surface area contributed by atoms with Crippen LogP contribution in [0.15, 0.2) is 70.6 Å². The molecule has 4 nitrogen and oxygen atoms in total. The number of hydrogen-bond donors (Lipinski definition) is 1. The summed E-state index contributed by atoms with van der Waals surface area (Å²) < 4.78 is 0. The van der Waals surface area contributed by atoms with Gasteiger partial charge in [0.1, 0.15) is 5.69 Å². The van der Waals surface area contributed by atoms with E-state index >= 15 is 0 Å². The Hall–Kier alpha value is -2.49. The molecule has 1 aromatic carbocycles. The van der Waals surface area contributed by atoms with Crippen LogP contribution in [0.1, 0.15) is 24.2 Å². The third kappa shape index (κ3) is 4.71. The van der Waals surface area contributed by atoms with Crippen molar-refractivity contribution in [3.8, 4) is 0 Å². The van der Waals surface area contributed by atoms with Crippen molar-refractivity contribution in [2.75, 3.05) is 0 Å². The SMILES string of the molecule is C=C(C)/C=C\C(=C/C)N=Nc1ccccc1C(=O)O. The number of hydrogen-bond acceptors (Lipinski definition) is 3. The Bertz CT molecular complexity index is 569. The molecule has 0 radical (unpaired) electrons. The predicted octanol–water partition coefficient (Wildman–Crippen LogP) is 4.50. The third-order valence-corrected chi connectivity index (χ3v) is 2.24. The quantitative estimate of drug-likeness (QED) is 0.622.